The van der Waals surface area contributed by atoms with Crippen molar-refractivity contribution in [2.24, 2.45) is 0 Å². The zero-order valence-electron chi connectivity index (χ0n) is 14.3. The number of hydrogen-bond donors (Lipinski definition) is 0. The molecule has 24 heavy (non-hydrogen) atoms. The van der Waals surface area contributed by atoms with Gasteiger partial charge in [-0.15, -0.1) is 0 Å². The molecule has 2 aromatic carbocycles. The summed E-state index contributed by atoms with van der Waals surface area (Å²) in [6.45, 7) is 8.59. The first-order chi connectivity index (χ1) is 11.5. The third kappa shape index (κ3) is 4.05. The molecule has 0 radical (unpaired) electrons. The Labute approximate surface area is 152 Å². The van der Waals surface area contributed by atoms with Crippen LogP contribution in [0.2, 0.25) is 0 Å². The van der Waals surface area contributed by atoms with Crippen LogP contribution in [0, 0.1) is 13.8 Å². The van der Waals surface area contributed by atoms with Gasteiger partial charge in [0, 0.05) is 41.9 Å². The van der Waals surface area contributed by atoms with Gasteiger partial charge in [0.25, 0.3) is 0 Å². The van der Waals surface area contributed by atoms with Crippen LogP contribution in [0.3, 0.4) is 0 Å². The Bertz CT molecular complexity index is 719. The molecule has 1 aliphatic rings. The minimum absolute atomic E-state index is 0.197. The number of Topliss-reactive ketones (excluding diaryl/α,β-unsaturated/α-hetero) is 1. The number of rotatable bonds is 4. The van der Waals surface area contributed by atoms with Crippen LogP contribution in [0.4, 0.5) is 5.69 Å². The summed E-state index contributed by atoms with van der Waals surface area (Å²) in [5.41, 5.74) is 4.73. The van der Waals surface area contributed by atoms with Crippen molar-refractivity contribution in [3.8, 4) is 0 Å². The number of carbonyl (C=O) groups excluding carboxylic acids is 1. The molecule has 0 N–H and O–H groups in total. The number of anilines is 1. The van der Waals surface area contributed by atoms with Crippen LogP contribution in [0.1, 0.15) is 21.5 Å². The van der Waals surface area contributed by atoms with Crippen LogP contribution < -0.4 is 4.90 Å². The zero-order valence-corrected chi connectivity index (χ0v) is 15.8. The van der Waals surface area contributed by atoms with E-state index < -0.39 is 0 Å². The van der Waals surface area contributed by atoms with Crippen molar-refractivity contribution in [2.45, 2.75) is 13.8 Å². The van der Waals surface area contributed by atoms with Crippen molar-refractivity contribution >= 4 is 27.4 Å². The maximum Gasteiger partial charge on any atom is 0.176 e. The lowest BCUT2D eigenvalue weighted by Crippen LogP contribution is -2.48. The quantitative estimate of drug-likeness (QED) is 0.739. The highest BCUT2D eigenvalue weighted by molar-refractivity contribution is 9.10. The number of carbonyl (C=O) groups is 1. The first-order valence-electron chi connectivity index (χ1n) is 8.36. The van der Waals surface area contributed by atoms with Crippen LogP contribution in [0.5, 0.6) is 0 Å². The van der Waals surface area contributed by atoms with Crippen molar-refractivity contribution < 1.29 is 4.79 Å². The molecule has 0 saturated carbocycles. The second-order valence-electron chi connectivity index (χ2n) is 6.48. The Kier molecular flexibility index (Phi) is 5.36. The monoisotopic (exact) mass is 386 g/mol. The number of halogens is 1. The van der Waals surface area contributed by atoms with Crippen molar-refractivity contribution in [3.63, 3.8) is 0 Å². The molecule has 1 aliphatic heterocycles. The molecule has 0 aromatic heterocycles. The molecule has 4 heteroatoms. The third-order valence-corrected chi connectivity index (χ3v) is 5.14. The Morgan fingerprint density at radius 2 is 1.67 bits per heavy atom. The molecule has 3 nitrogen and oxygen atoms in total. The van der Waals surface area contributed by atoms with Crippen LogP contribution in [-0.4, -0.2) is 43.4 Å². The van der Waals surface area contributed by atoms with Crippen molar-refractivity contribution in [2.75, 3.05) is 37.6 Å². The molecule has 0 spiro atoms. The van der Waals surface area contributed by atoms with Gasteiger partial charge in [0.15, 0.2) is 5.78 Å². The first kappa shape index (κ1) is 17.2. The lowest BCUT2D eigenvalue weighted by atomic mass is 10.1. The number of ketones is 1. The molecule has 1 saturated heterocycles. The summed E-state index contributed by atoms with van der Waals surface area (Å²) in [6.07, 6.45) is 0. The molecule has 3 rings (SSSR count). The second-order valence-corrected chi connectivity index (χ2v) is 7.40. The molecule has 0 bridgehead atoms. The molecule has 1 heterocycles. The Hall–Kier alpha value is -1.65. The van der Waals surface area contributed by atoms with Crippen molar-refractivity contribution in [3.05, 3.63) is 63.6 Å². The Balaban J connectivity index is 1.58. The summed E-state index contributed by atoms with van der Waals surface area (Å²) in [4.78, 5) is 17.1. The van der Waals surface area contributed by atoms with Crippen LogP contribution in [0.15, 0.2) is 46.9 Å². The fourth-order valence-corrected chi connectivity index (χ4v) is 3.40. The number of aryl methyl sites for hydroxylation is 2. The second kappa shape index (κ2) is 7.49. The summed E-state index contributed by atoms with van der Waals surface area (Å²) in [7, 11) is 0. The number of benzene rings is 2. The van der Waals surface area contributed by atoms with Crippen molar-refractivity contribution in [1.29, 1.82) is 0 Å². The van der Waals surface area contributed by atoms with Gasteiger partial charge >= 0.3 is 0 Å². The standard InChI is InChI=1S/C20H23BrN2O/c1-15-3-4-16(2)19(13-15)23-11-9-22(10-12-23)14-20(24)17-5-7-18(21)8-6-17/h3-8,13H,9-12,14H2,1-2H3. The Morgan fingerprint density at radius 3 is 2.33 bits per heavy atom. The highest BCUT2D eigenvalue weighted by atomic mass is 79.9. The lowest BCUT2D eigenvalue weighted by molar-refractivity contribution is 0.0926. The van der Waals surface area contributed by atoms with E-state index in [1.165, 1.54) is 16.8 Å². The van der Waals surface area contributed by atoms with E-state index in [1.54, 1.807) is 0 Å². The normalized spacial score (nSPS) is 15.5. The minimum Gasteiger partial charge on any atom is -0.369 e. The zero-order chi connectivity index (χ0) is 17.1. The lowest BCUT2D eigenvalue weighted by Gasteiger charge is -2.36. The maximum absolute atomic E-state index is 12.4. The Morgan fingerprint density at radius 1 is 1.00 bits per heavy atom. The van der Waals surface area contributed by atoms with E-state index in [-0.39, 0.29) is 5.78 Å². The average molecular weight is 387 g/mol. The third-order valence-electron chi connectivity index (χ3n) is 4.61. The number of nitrogens with zero attached hydrogens (tertiary/aromatic N) is 2. The summed E-state index contributed by atoms with van der Waals surface area (Å²) >= 11 is 3.41. The molecular formula is C20H23BrN2O. The van der Waals surface area contributed by atoms with Gasteiger partial charge in [0.2, 0.25) is 0 Å². The number of piperazine rings is 1. The fraction of sp³-hybridized carbons (Fsp3) is 0.350. The van der Waals surface area contributed by atoms with Crippen LogP contribution in [-0.2, 0) is 0 Å². The molecule has 126 valence electrons. The predicted molar refractivity (Wildman–Crippen MR) is 103 cm³/mol. The van der Waals surface area contributed by atoms with Gasteiger partial charge in [-0.3, -0.25) is 9.69 Å². The molecular weight excluding hydrogens is 364 g/mol. The van der Waals surface area contributed by atoms with Crippen LogP contribution >= 0.6 is 15.9 Å². The smallest absolute Gasteiger partial charge is 0.176 e. The number of hydrogen-bond acceptors (Lipinski definition) is 3. The molecule has 0 unspecified atom stereocenters. The molecule has 1 fully saturated rings. The molecule has 0 amide bonds. The van der Waals surface area contributed by atoms with E-state index >= 15 is 0 Å². The average Bonchev–Trinajstić information content (AvgIpc) is 2.58. The van der Waals surface area contributed by atoms with E-state index in [0.29, 0.717) is 6.54 Å². The molecule has 0 aliphatic carbocycles. The van der Waals surface area contributed by atoms with Gasteiger partial charge in [-0.1, -0.05) is 40.2 Å². The summed E-state index contributed by atoms with van der Waals surface area (Å²) in [5, 5.41) is 0. The predicted octanol–water partition coefficient (Wildman–Crippen LogP) is 4.07. The van der Waals surface area contributed by atoms with E-state index in [1.807, 2.05) is 24.3 Å². The maximum atomic E-state index is 12.4. The van der Waals surface area contributed by atoms with Crippen molar-refractivity contribution in [1.82, 2.24) is 4.90 Å². The van der Waals surface area contributed by atoms with E-state index in [4.69, 9.17) is 0 Å². The molecule has 0 atom stereocenters. The minimum atomic E-state index is 0.197. The van der Waals surface area contributed by atoms with E-state index in [2.05, 4.69) is 57.8 Å². The fourth-order valence-electron chi connectivity index (χ4n) is 3.14. The topological polar surface area (TPSA) is 23.6 Å². The SMILES string of the molecule is Cc1ccc(C)c(N2CCN(CC(=O)c3ccc(Br)cc3)CC2)c1. The van der Waals surface area contributed by atoms with Gasteiger partial charge in [-0.25, -0.2) is 0 Å². The summed E-state index contributed by atoms with van der Waals surface area (Å²) < 4.78 is 1.00. The molecule has 2 aromatic rings. The highest BCUT2D eigenvalue weighted by Crippen LogP contribution is 2.23. The van der Waals surface area contributed by atoms with Gasteiger partial charge in [0.1, 0.15) is 0 Å². The van der Waals surface area contributed by atoms with E-state index in [9.17, 15) is 4.79 Å². The highest BCUT2D eigenvalue weighted by Gasteiger charge is 2.20. The summed E-state index contributed by atoms with van der Waals surface area (Å²) in [6, 6.07) is 14.2. The van der Waals surface area contributed by atoms with E-state index in [0.717, 1.165) is 36.2 Å². The first-order valence-corrected chi connectivity index (χ1v) is 9.15. The van der Waals surface area contributed by atoms with Gasteiger partial charge < -0.3 is 4.90 Å². The van der Waals surface area contributed by atoms with Gasteiger partial charge in [0.05, 0.1) is 6.54 Å². The van der Waals surface area contributed by atoms with Gasteiger partial charge in [-0.2, -0.15) is 0 Å². The van der Waals surface area contributed by atoms with Crippen LogP contribution in [0.25, 0.3) is 0 Å². The largest absolute Gasteiger partial charge is 0.369 e. The van der Waals surface area contributed by atoms with Gasteiger partial charge in [-0.05, 0) is 43.2 Å². The summed E-state index contributed by atoms with van der Waals surface area (Å²) in [5.74, 6) is 0.197.